The van der Waals surface area contributed by atoms with Gasteiger partial charge in [0.15, 0.2) is 6.67 Å². The highest BCUT2D eigenvalue weighted by molar-refractivity contribution is 7.71. The summed E-state index contributed by atoms with van der Waals surface area (Å²) in [5.41, 5.74) is 2.82. The van der Waals surface area contributed by atoms with E-state index in [2.05, 4.69) is 41.3 Å². The predicted octanol–water partition coefficient (Wildman–Crippen LogP) is 2.83. The molecule has 0 saturated heterocycles. The lowest BCUT2D eigenvalue weighted by Crippen LogP contribution is -3.08. The Hall–Kier alpha value is -3.17. The summed E-state index contributed by atoms with van der Waals surface area (Å²) >= 11 is 5.31. The number of rotatable bonds is 6. The molecular formula is C20H20FN6OS+. The van der Waals surface area contributed by atoms with Crippen LogP contribution in [0.5, 0.6) is 0 Å². The minimum Gasteiger partial charge on any atom is -0.409 e. The van der Waals surface area contributed by atoms with Gasteiger partial charge in [0.05, 0.1) is 12.7 Å². The Bertz CT molecular complexity index is 1140. The van der Waals surface area contributed by atoms with Crippen LogP contribution in [0.1, 0.15) is 18.5 Å². The van der Waals surface area contributed by atoms with E-state index in [9.17, 15) is 4.39 Å². The van der Waals surface area contributed by atoms with Crippen molar-refractivity contribution < 1.29 is 13.7 Å². The van der Waals surface area contributed by atoms with Crippen LogP contribution < -0.4 is 4.90 Å². The average molecular weight is 411 g/mol. The Labute approximate surface area is 172 Å². The lowest BCUT2D eigenvalue weighted by Gasteiger charge is -2.21. The molecule has 0 spiro atoms. The number of halogens is 1. The number of aromatic nitrogens is 5. The number of benzene rings is 2. The van der Waals surface area contributed by atoms with Crippen LogP contribution in [0.25, 0.3) is 17.1 Å². The van der Waals surface area contributed by atoms with E-state index in [1.807, 2.05) is 12.1 Å². The van der Waals surface area contributed by atoms with Gasteiger partial charge in [-0.3, -0.25) is 0 Å². The van der Waals surface area contributed by atoms with E-state index < -0.39 is 0 Å². The second-order valence-electron chi connectivity index (χ2n) is 6.84. The Kier molecular flexibility index (Phi) is 5.32. The average Bonchev–Trinajstić information content (AvgIpc) is 3.39. The van der Waals surface area contributed by atoms with Crippen molar-refractivity contribution in [2.24, 2.45) is 0 Å². The van der Waals surface area contributed by atoms with Crippen molar-refractivity contribution in [1.82, 2.24) is 24.5 Å². The van der Waals surface area contributed by atoms with E-state index in [1.165, 1.54) is 28.9 Å². The first kappa shape index (κ1) is 19.2. The van der Waals surface area contributed by atoms with Gasteiger partial charge in [-0.25, -0.2) is 14.1 Å². The molecule has 0 amide bonds. The third-order valence-corrected chi connectivity index (χ3v) is 5.21. The summed E-state index contributed by atoms with van der Waals surface area (Å²) in [6.45, 7) is 2.68. The molecule has 4 rings (SSSR count). The summed E-state index contributed by atoms with van der Waals surface area (Å²) in [6, 6.07) is 14.4. The van der Waals surface area contributed by atoms with Gasteiger partial charge in [-0.1, -0.05) is 12.1 Å². The molecule has 2 aromatic carbocycles. The second-order valence-corrected chi connectivity index (χ2v) is 7.19. The molecule has 4 aromatic rings. The minimum absolute atomic E-state index is 0.202. The van der Waals surface area contributed by atoms with Gasteiger partial charge in [0.25, 0.3) is 4.84 Å². The van der Waals surface area contributed by atoms with Gasteiger partial charge in [-0.2, -0.15) is 9.78 Å². The minimum atomic E-state index is -0.306. The fourth-order valence-electron chi connectivity index (χ4n) is 3.03. The molecule has 0 aliphatic rings. The zero-order valence-electron chi connectivity index (χ0n) is 16.0. The van der Waals surface area contributed by atoms with Crippen LogP contribution in [0, 0.1) is 10.7 Å². The topological polar surface area (TPSA) is 66.1 Å². The Morgan fingerprint density at radius 2 is 1.86 bits per heavy atom. The third-order valence-electron chi connectivity index (χ3n) is 4.91. The molecule has 2 aromatic heterocycles. The second kappa shape index (κ2) is 8.06. The molecule has 2 atom stereocenters. The molecule has 0 saturated carbocycles. The largest absolute Gasteiger partial charge is 0.409 e. The maximum absolute atomic E-state index is 13.1. The van der Waals surface area contributed by atoms with E-state index in [4.69, 9.17) is 16.6 Å². The first-order valence-electron chi connectivity index (χ1n) is 9.12. The van der Waals surface area contributed by atoms with Crippen molar-refractivity contribution in [2.75, 3.05) is 7.05 Å². The van der Waals surface area contributed by atoms with Crippen molar-refractivity contribution in [3.05, 3.63) is 77.4 Å². The molecule has 0 aliphatic heterocycles. The molecule has 7 nitrogen and oxygen atoms in total. The summed E-state index contributed by atoms with van der Waals surface area (Å²) < 4.78 is 22.1. The van der Waals surface area contributed by atoms with Crippen molar-refractivity contribution >= 4 is 12.2 Å². The van der Waals surface area contributed by atoms with Crippen molar-refractivity contribution in [3.63, 3.8) is 0 Å². The van der Waals surface area contributed by atoms with Crippen LogP contribution in [0.4, 0.5) is 4.39 Å². The summed E-state index contributed by atoms with van der Waals surface area (Å²) in [5.74, 6) is 0.0762. The summed E-state index contributed by atoms with van der Waals surface area (Å²) in [4.78, 5) is 5.45. The van der Waals surface area contributed by atoms with Gasteiger partial charge < -0.3 is 9.32 Å². The van der Waals surface area contributed by atoms with E-state index in [0.717, 1.165) is 5.69 Å². The normalized spacial score (nSPS) is 13.3. The SMILES string of the molecule is C[C@@H](c1ccc(-n2cncn2)cc1)[NH+](C)Cn1nc(-c2ccc(F)cc2)oc1=S. The van der Waals surface area contributed by atoms with E-state index in [0.29, 0.717) is 18.1 Å². The number of hydrogen-bond donors (Lipinski definition) is 1. The zero-order valence-corrected chi connectivity index (χ0v) is 16.8. The lowest BCUT2D eigenvalue weighted by molar-refractivity contribution is -0.933. The maximum Gasteiger partial charge on any atom is 0.292 e. The van der Waals surface area contributed by atoms with Crippen LogP contribution in [0.2, 0.25) is 0 Å². The Morgan fingerprint density at radius 1 is 1.14 bits per heavy atom. The zero-order chi connectivity index (χ0) is 20.4. The third kappa shape index (κ3) is 4.15. The lowest BCUT2D eigenvalue weighted by atomic mass is 10.1. The van der Waals surface area contributed by atoms with Crippen LogP contribution in [-0.4, -0.2) is 31.6 Å². The quantitative estimate of drug-likeness (QED) is 0.494. The molecule has 1 unspecified atom stereocenters. The summed E-state index contributed by atoms with van der Waals surface area (Å²) in [5, 5.41) is 8.60. The highest BCUT2D eigenvalue weighted by Gasteiger charge is 2.18. The molecule has 0 radical (unpaired) electrons. The molecule has 0 aliphatic carbocycles. The fraction of sp³-hybridized carbons (Fsp3) is 0.200. The molecule has 0 bridgehead atoms. The number of quaternary nitrogens is 1. The number of nitrogens with one attached hydrogen (secondary N) is 1. The fourth-order valence-corrected chi connectivity index (χ4v) is 3.21. The molecule has 9 heteroatoms. The Balaban J connectivity index is 1.48. The Morgan fingerprint density at radius 3 is 2.52 bits per heavy atom. The molecular weight excluding hydrogens is 391 g/mol. The molecule has 29 heavy (non-hydrogen) atoms. The van der Waals surface area contributed by atoms with Crippen LogP contribution in [0.3, 0.4) is 0 Å². The molecule has 0 fully saturated rings. The van der Waals surface area contributed by atoms with Crippen molar-refractivity contribution in [3.8, 4) is 17.1 Å². The van der Waals surface area contributed by atoms with Crippen molar-refractivity contribution in [1.29, 1.82) is 0 Å². The predicted molar refractivity (Wildman–Crippen MR) is 107 cm³/mol. The first-order chi connectivity index (χ1) is 14.0. The number of hydrogen-bond acceptors (Lipinski definition) is 5. The van der Waals surface area contributed by atoms with Gasteiger partial charge in [0, 0.05) is 11.1 Å². The van der Waals surface area contributed by atoms with Crippen LogP contribution in [0.15, 0.2) is 65.6 Å². The van der Waals surface area contributed by atoms with Crippen LogP contribution >= 0.6 is 12.2 Å². The number of nitrogens with zero attached hydrogens (tertiary/aromatic N) is 5. The highest BCUT2D eigenvalue weighted by atomic mass is 32.1. The summed E-state index contributed by atoms with van der Waals surface area (Å²) in [7, 11) is 2.07. The van der Waals surface area contributed by atoms with E-state index >= 15 is 0 Å². The standard InChI is InChI=1S/C20H19FN6OS/c1-14(15-5-9-18(10-6-15)26-12-22-11-23-26)25(2)13-27-20(29)28-19(24-27)16-3-7-17(21)8-4-16/h3-12,14H,13H2,1-2H3/p+1/t14-/m0/s1. The van der Waals surface area contributed by atoms with Crippen LogP contribution in [-0.2, 0) is 6.67 Å². The summed E-state index contributed by atoms with van der Waals surface area (Å²) in [6.07, 6.45) is 3.18. The molecule has 148 valence electrons. The molecule has 2 heterocycles. The van der Waals surface area contributed by atoms with Crippen molar-refractivity contribution in [2.45, 2.75) is 19.6 Å². The van der Waals surface area contributed by atoms with Gasteiger partial charge in [0.1, 0.15) is 24.5 Å². The maximum atomic E-state index is 13.1. The van der Waals surface area contributed by atoms with Gasteiger partial charge in [0.2, 0.25) is 5.89 Å². The smallest absolute Gasteiger partial charge is 0.292 e. The van der Waals surface area contributed by atoms with Gasteiger partial charge in [-0.15, -0.1) is 5.10 Å². The van der Waals surface area contributed by atoms with Gasteiger partial charge in [-0.05, 0) is 55.5 Å². The van der Waals surface area contributed by atoms with E-state index in [-0.39, 0.29) is 16.7 Å². The van der Waals surface area contributed by atoms with Gasteiger partial charge >= 0.3 is 0 Å². The monoisotopic (exact) mass is 411 g/mol. The van der Waals surface area contributed by atoms with E-state index in [1.54, 1.807) is 27.8 Å². The highest BCUT2D eigenvalue weighted by Crippen LogP contribution is 2.18. The first-order valence-corrected chi connectivity index (χ1v) is 9.53. The molecule has 1 N–H and O–H groups in total.